The average Bonchev–Trinajstić information content (AvgIpc) is 3.10. The molecule has 1 aliphatic heterocycles. The Kier molecular flexibility index (Phi) is 5.04. The number of nitrogens with one attached hydrogen (secondary N) is 1. The number of hydrogen-bond donors (Lipinski definition) is 1. The number of carbonyl (C=O) groups is 1. The number of carbonyl (C=O) groups excluding carboxylic acids is 1. The number of sulfone groups is 1. The first kappa shape index (κ1) is 20.1. The molecule has 1 aliphatic rings. The number of hydrogen-bond acceptors (Lipinski definition) is 8. The number of ether oxygens (including phenoxy) is 1. The van der Waals surface area contributed by atoms with E-state index in [1.165, 1.54) is 6.07 Å². The predicted molar refractivity (Wildman–Crippen MR) is 99.0 cm³/mol. The Morgan fingerprint density at radius 1 is 1.39 bits per heavy atom. The lowest BCUT2D eigenvalue weighted by molar-refractivity contribution is 0.0123. The van der Waals surface area contributed by atoms with Crippen molar-refractivity contribution < 1.29 is 31.7 Å². The number of oxime groups is 1. The van der Waals surface area contributed by atoms with E-state index in [0.29, 0.717) is 0 Å². The number of rotatable bonds is 4. The molecule has 152 valence electrons. The first-order chi connectivity index (χ1) is 13.0. The van der Waals surface area contributed by atoms with E-state index in [1.807, 2.05) is 0 Å². The summed E-state index contributed by atoms with van der Waals surface area (Å²) in [7, 11) is -3.81. The molecule has 0 saturated heterocycles. The number of amides is 1. The Bertz CT molecular complexity index is 1060. The highest BCUT2D eigenvalue weighted by molar-refractivity contribution is 8.05. The minimum atomic E-state index is -3.81. The number of nitrogens with zero attached hydrogens (tertiary/aromatic N) is 2. The maximum Gasteiger partial charge on any atom is 0.411 e. The Morgan fingerprint density at radius 3 is 2.71 bits per heavy atom. The molecule has 3 rings (SSSR count). The third kappa shape index (κ3) is 4.24. The van der Waals surface area contributed by atoms with Gasteiger partial charge in [-0.1, -0.05) is 10.3 Å². The molecule has 0 saturated carbocycles. The van der Waals surface area contributed by atoms with Crippen LogP contribution in [-0.4, -0.2) is 36.4 Å². The third-order valence-electron chi connectivity index (χ3n) is 3.87. The van der Waals surface area contributed by atoms with Gasteiger partial charge in [0.2, 0.25) is 9.84 Å². The van der Waals surface area contributed by atoms with Crippen LogP contribution in [0.15, 0.2) is 21.8 Å². The molecule has 11 heteroatoms. The predicted octanol–water partition coefficient (Wildman–Crippen LogP) is 3.35. The molecule has 2 aromatic rings. The zero-order valence-corrected chi connectivity index (χ0v) is 16.6. The fourth-order valence-electron chi connectivity index (χ4n) is 2.59. The van der Waals surface area contributed by atoms with E-state index in [9.17, 15) is 17.6 Å². The number of halogens is 1. The largest absolute Gasteiger partial charge is 0.447 e. The monoisotopic (exact) mass is 413 g/mol. The summed E-state index contributed by atoms with van der Waals surface area (Å²) in [6.07, 6.45) is -1.07. The molecular formula is C17H20FN3O6S. The summed E-state index contributed by atoms with van der Waals surface area (Å²) in [4.78, 5) is 16.8. The molecule has 0 fully saturated rings. The summed E-state index contributed by atoms with van der Waals surface area (Å²) in [5.74, 6) is -1.29. The van der Waals surface area contributed by atoms with Gasteiger partial charge in [-0.15, -0.1) is 0 Å². The van der Waals surface area contributed by atoms with Gasteiger partial charge in [-0.2, -0.15) is 0 Å². The van der Waals surface area contributed by atoms with E-state index in [1.54, 1.807) is 27.7 Å². The van der Waals surface area contributed by atoms with Gasteiger partial charge >= 0.3 is 6.09 Å². The fourth-order valence-corrected chi connectivity index (χ4v) is 4.05. The van der Waals surface area contributed by atoms with Crippen molar-refractivity contribution in [2.24, 2.45) is 5.16 Å². The minimum Gasteiger partial charge on any atom is -0.447 e. The Labute approximate surface area is 160 Å². The van der Waals surface area contributed by atoms with Crippen molar-refractivity contribution in [3.05, 3.63) is 23.6 Å². The van der Waals surface area contributed by atoms with E-state index in [-0.39, 0.29) is 39.9 Å². The summed E-state index contributed by atoms with van der Waals surface area (Å²) in [6, 6.07) is 2.27. The van der Waals surface area contributed by atoms with Crippen LogP contribution in [0.1, 0.15) is 39.8 Å². The van der Waals surface area contributed by atoms with Crippen LogP contribution >= 0.6 is 0 Å². The van der Waals surface area contributed by atoms with E-state index in [2.05, 4.69) is 15.6 Å². The van der Waals surface area contributed by atoms with Crippen LogP contribution in [0.5, 0.6) is 0 Å². The lowest BCUT2D eigenvalue weighted by Gasteiger charge is -2.13. The van der Waals surface area contributed by atoms with Crippen molar-refractivity contribution >= 4 is 37.6 Å². The molecule has 28 heavy (non-hydrogen) atoms. The highest BCUT2D eigenvalue weighted by Gasteiger charge is 2.36. The van der Waals surface area contributed by atoms with Crippen LogP contribution in [0, 0.1) is 5.82 Å². The second-order valence-corrected chi connectivity index (χ2v) is 9.30. The fraction of sp³-hybridized carbons (Fsp3) is 0.471. The zero-order valence-electron chi connectivity index (χ0n) is 15.8. The summed E-state index contributed by atoms with van der Waals surface area (Å²) in [5.41, 5.74) is -0.709. The van der Waals surface area contributed by atoms with Crippen LogP contribution in [-0.2, 0) is 25.2 Å². The van der Waals surface area contributed by atoms with E-state index in [4.69, 9.17) is 14.1 Å². The molecule has 9 nitrogen and oxygen atoms in total. The molecule has 1 aromatic carbocycles. The van der Waals surface area contributed by atoms with Gasteiger partial charge in [-0.3, -0.25) is 5.32 Å². The molecule has 0 radical (unpaired) electrons. The Hall–Kier alpha value is -2.69. The van der Waals surface area contributed by atoms with Crippen LogP contribution in [0.4, 0.5) is 14.9 Å². The number of anilines is 1. The molecule has 0 aliphatic carbocycles. The number of aromatic nitrogens is 1. The Balaban J connectivity index is 1.84. The molecule has 0 spiro atoms. The van der Waals surface area contributed by atoms with Crippen molar-refractivity contribution in [1.82, 2.24) is 5.16 Å². The first-order valence-corrected chi connectivity index (χ1v) is 10.2. The average molecular weight is 413 g/mol. The van der Waals surface area contributed by atoms with Gasteiger partial charge < -0.3 is 14.1 Å². The zero-order chi connectivity index (χ0) is 20.7. The van der Waals surface area contributed by atoms with Crippen molar-refractivity contribution in [3.63, 3.8) is 0 Å². The molecule has 1 amide bonds. The standard InChI is InChI=1S/C17H20FN3O6S/c1-9(2)25-16(22)19-12-6-14-10(5-11(12)18)13(20-26-14)8-28(23,24)15-7-17(3,4)27-21-15/h5-6,9H,7-8H2,1-4H3,(H,19,22). The second kappa shape index (κ2) is 7.04. The normalized spacial score (nSPS) is 16.1. The van der Waals surface area contributed by atoms with Gasteiger partial charge in [0.1, 0.15) is 22.9 Å². The topological polar surface area (TPSA) is 120 Å². The van der Waals surface area contributed by atoms with Crippen LogP contribution in [0.3, 0.4) is 0 Å². The van der Waals surface area contributed by atoms with Crippen LogP contribution in [0.2, 0.25) is 0 Å². The smallest absolute Gasteiger partial charge is 0.411 e. The summed E-state index contributed by atoms with van der Waals surface area (Å²) in [6.45, 7) is 6.75. The number of fused-ring (bicyclic) bond motifs is 1. The van der Waals surface area contributed by atoms with Crippen molar-refractivity contribution in [2.45, 2.75) is 51.6 Å². The summed E-state index contributed by atoms with van der Waals surface area (Å²) < 4.78 is 49.5. The second-order valence-electron chi connectivity index (χ2n) is 7.31. The molecule has 0 unspecified atom stereocenters. The quantitative estimate of drug-likeness (QED) is 0.816. The highest BCUT2D eigenvalue weighted by Crippen LogP contribution is 2.29. The lowest BCUT2D eigenvalue weighted by atomic mass is 10.1. The van der Waals surface area contributed by atoms with Crippen molar-refractivity contribution in [3.8, 4) is 0 Å². The SMILES string of the molecule is CC(C)OC(=O)Nc1cc2onc(CS(=O)(=O)C3=NOC(C)(C)C3)c2cc1F. The highest BCUT2D eigenvalue weighted by atomic mass is 32.2. The Morgan fingerprint density at radius 2 is 2.11 bits per heavy atom. The summed E-state index contributed by atoms with van der Waals surface area (Å²) in [5, 5.41) is 9.74. The molecular weight excluding hydrogens is 393 g/mol. The van der Waals surface area contributed by atoms with E-state index >= 15 is 0 Å². The van der Waals surface area contributed by atoms with Crippen molar-refractivity contribution in [2.75, 3.05) is 5.32 Å². The van der Waals surface area contributed by atoms with Crippen LogP contribution in [0.25, 0.3) is 11.0 Å². The molecule has 0 bridgehead atoms. The molecule has 2 heterocycles. The van der Waals surface area contributed by atoms with Gasteiger partial charge in [-0.25, -0.2) is 17.6 Å². The lowest BCUT2D eigenvalue weighted by Crippen LogP contribution is -2.23. The molecule has 1 aromatic heterocycles. The van der Waals surface area contributed by atoms with E-state index in [0.717, 1.165) is 6.07 Å². The van der Waals surface area contributed by atoms with Crippen molar-refractivity contribution in [1.29, 1.82) is 0 Å². The van der Waals surface area contributed by atoms with Crippen LogP contribution < -0.4 is 5.32 Å². The maximum absolute atomic E-state index is 14.4. The van der Waals surface area contributed by atoms with Gasteiger partial charge in [0.05, 0.1) is 11.8 Å². The van der Waals surface area contributed by atoms with Gasteiger partial charge in [0.25, 0.3) is 0 Å². The third-order valence-corrected chi connectivity index (χ3v) is 5.46. The molecule has 1 N–H and O–H groups in total. The van der Waals surface area contributed by atoms with E-state index < -0.39 is 33.1 Å². The molecule has 0 atom stereocenters. The minimum absolute atomic E-state index is 0.0395. The maximum atomic E-state index is 14.4. The van der Waals surface area contributed by atoms with Gasteiger partial charge in [-0.05, 0) is 33.8 Å². The van der Waals surface area contributed by atoms with Gasteiger partial charge in [0, 0.05) is 17.9 Å². The number of benzene rings is 1. The summed E-state index contributed by atoms with van der Waals surface area (Å²) >= 11 is 0. The van der Waals surface area contributed by atoms with Gasteiger partial charge in [0.15, 0.2) is 10.6 Å². The first-order valence-electron chi connectivity index (χ1n) is 8.50.